The van der Waals surface area contributed by atoms with Gasteiger partial charge in [0, 0.05) is 25.6 Å². The van der Waals surface area contributed by atoms with Crippen LogP contribution in [0.5, 0.6) is 0 Å². The van der Waals surface area contributed by atoms with Crippen molar-refractivity contribution in [2.24, 2.45) is 5.92 Å². The fourth-order valence-electron chi connectivity index (χ4n) is 3.81. The normalized spacial score (nSPS) is 14.9. The predicted octanol–water partition coefficient (Wildman–Crippen LogP) is 3.34. The zero-order valence-corrected chi connectivity index (χ0v) is 17.8. The Morgan fingerprint density at radius 2 is 1.74 bits per heavy atom. The number of halogens is 2. The summed E-state index contributed by atoms with van der Waals surface area (Å²) in [5, 5.41) is 2.92. The molecule has 0 saturated carbocycles. The van der Waals surface area contributed by atoms with E-state index in [0.29, 0.717) is 52.1 Å². The van der Waals surface area contributed by atoms with E-state index in [4.69, 9.17) is 0 Å². The topological polar surface area (TPSA) is 52.7 Å². The largest absolute Gasteiger partial charge is 0.352 e. The average Bonchev–Trinajstić information content (AvgIpc) is 2.77. The molecule has 0 radical (unpaired) electrons. The number of nitrogens with zero attached hydrogens (tertiary/aromatic N) is 2. The fourth-order valence-corrected chi connectivity index (χ4v) is 3.81. The first-order chi connectivity index (χ1) is 14.9. The lowest BCUT2D eigenvalue weighted by Gasteiger charge is -2.32. The van der Waals surface area contributed by atoms with Gasteiger partial charge in [0.25, 0.3) is 0 Å². The molecule has 0 bridgehead atoms. The van der Waals surface area contributed by atoms with Crippen LogP contribution in [0.15, 0.2) is 48.5 Å². The number of rotatable bonds is 8. The van der Waals surface area contributed by atoms with E-state index in [9.17, 15) is 18.4 Å². The van der Waals surface area contributed by atoms with E-state index < -0.39 is 0 Å². The highest BCUT2D eigenvalue weighted by atomic mass is 19.1. The third-order valence-corrected chi connectivity index (χ3v) is 5.69. The Bertz CT molecular complexity index is 881. The summed E-state index contributed by atoms with van der Waals surface area (Å²) >= 11 is 0. The van der Waals surface area contributed by atoms with Crippen LogP contribution in [0.25, 0.3) is 0 Å². The van der Waals surface area contributed by atoms with Gasteiger partial charge in [-0.15, -0.1) is 0 Å². The van der Waals surface area contributed by atoms with Crippen molar-refractivity contribution in [1.82, 2.24) is 15.1 Å². The molecule has 1 fully saturated rings. The van der Waals surface area contributed by atoms with Crippen molar-refractivity contribution in [3.63, 3.8) is 0 Å². The summed E-state index contributed by atoms with van der Waals surface area (Å²) in [4.78, 5) is 28.9. The molecule has 1 aliphatic heterocycles. The van der Waals surface area contributed by atoms with Crippen LogP contribution in [0, 0.1) is 17.6 Å². The van der Waals surface area contributed by atoms with Crippen molar-refractivity contribution in [2.45, 2.75) is 32.9 Å². The number of benzene rings is 2. The number of piperidine rings is 1. The number of hydrogen-bond donors (Lipinski definition) is 1. The second-order valence-electron chi connectivity index (χ2n) is 7.93. The highest BCUT2D eigenvalue weighted by molar-refractivity contribution is 5.79. The highest BCUT2D eigenvalue weighted by Crippen LogP contribution is 2.18. The molecule has 0 spiro atoms. The molecule has 7 heteroatoms. The lowest BCUT2D eigenvalue weighted by molar-refractivity contribution is -0.133. The minimum atomic E-state index is -0.305. The predicted molar refractivity (Wildman–Crippen MR) is 115 cm³/mol. The van der Waals surface area contributed by atoms with E-state index in [0.717, 1.165) is 11.1 Å². The van der Waals surface area contributed by atoms with Crippen LogP contribution < -0.4 is 5.32 Å². The van der Waals surface area contributed by atoms with Crippen LogP contribution in [0.1, 0.15) is 30.9 Å². The third kappa shape index (κ3) is 6.85. The minimum absolute atomic E-state index is 0.00316. The lowest BCUT2D eigenvalue weighted by atomic mass is 9.95. The third-order valence-electron chi connectivity index (χ3n) is 5.69. The first-order valence-corrected chi connectivity index (χ1v) is 10.7. The van der Waals surface area contributed by atoms with Gasteiger partial charge in [0.15, 0.2) is 0 Å². The number of likely N-dealkylation sites (N-methyl/N-ethyl adjacent to an activating group) is 1. The molecule has 0 aromatic heterocycles. The molecule has 0 aliphatic carbocycles. The molecule has 31 heavy (non-hydrogen) atoms. The Balaban J connectivity index is 1.42. The molecule has 0 atom stereocenters. The first kappa shape index (κ1) is 22.9. The van der Waals surface area contributed by atoms with Gasteiger partial charge in [0.05, 0.1) is 6.54 Å². The Morgan fingerprint density at radius 3 is 2.39 bits per heavy atom. The van der Waals surface area contributed by atoms with Crippen LogP contribution in [0.2, 0.25) is 0 Å². The summed E-state index contributed by atoms with van der Waals surface area (Å²) in [6.45, 7) is 4.88. The maximum absolute atomic E-state index is 13.4. The molecule has 1 saturated heterocycles. The van der Waals surface area contributed by atoms with Crippen molar-refractivity contribution in [1.29, 1.82) is 0 Å². The summed E-state index contributed by atoms with van der Waals surface area (Å²) < 4.78 is 26.4. The van der Waals surface area contributed by atoms with Gasteiger partial charge >= 0.3 is 0 Å². The van der Waals surface area contributed by atoms with Gasteiger partial charge in [0.1, 0.15) is 11.6 Å². The number of nitrogens with one attached hydrogen (secondary N) is 1. The van der Waals surface area contributed by atoms with E-state index >= 15 is 0 Å². The van der Waals surface area contributed by atoms with E-state index in [2.05, 4.69) is 10.2 Å². The SMILES string of the molecule is CCN(Cc1cccc(F)c1)C(=O)CN1CCC(C(=O)NCc2ccc(F)cc2)CC1. The maximum atomic E-state index is 13.4. The monoisotopic (exact) mass is 429 g/mol. The van der Waals surface area contributed by atoms with Crippen LogP contribution >= 0.6 is 0 Å². The van der Waals surface area contributed by atoms with Crippen molar-refractivity contribution < 1.29 is 18.4 Å². The standard InChI is InChI=1S/C24H29F2N3O2/c1-2-29(16-19-4-3-5-22(26)14-19)23(30)17-28-12-10-20(11-13-28)24(31)27-15-18-6-8-21(25)9-7-18/h3-9,14,20H,2,10-13,15-17H2,1H3,(H,27,31). The fraction of sp³-hybridized carbons (Fsp3) is 0.417. The second-order valence-corrected chi connectivity index (χ2v) is 7.93. The summed E-state index contributed by atoms with van der Waals surface area (Å²) in [6.07, 6.45) is 1.39. The van der Waals surface area contributed by atoms with E-state index in [-0.39, 0.29) is 29.4 Å². The van der Waals surface area contributed by atoms with E-state index in [1.807, 2.05) is 13.0 Å². The molecule has 166 valence electrons. The van der Waals surface area contributed by atoms with Crippen molar-refractivity contribution in [3.8, 4) is 0 Å². The molecule has 1 N–H and O–H groups in total. The molecular weight excluding hydrogens is 400 g/mol. The van der Waals surface area contributed by atoms with Crippen molar-refractivity contribution in [2.75, 3.05) is 26.2 Å². The molecule has 2 amide bonds. The van der Waals surface area contributed by atoms with Gasteiger partial charge in [-0.05, 0) is 68.2 Å². The lowest BCUT2D eigenvalue weighted by Crippen LogP contribution is -2.45. The zero-order chi connectivity index (χ0) is 22.2. The van der Waals surface area contributed by atoms with Gasteiger partial charge in [0.2, 0.25) is 11.8 Å². The van der Waals surface area contributed by atoms with Crippen molar-refractivity contribution in [3.05, 3.63) is 71.3 Å². The zero-order valence-electron chi connectivity index (χ0n) is 17.8. The molecule has 3 rings (SSSR count). The smallest absolute Gasteiger partial charge is 0.237 e. The number of carbonyl (C=O) groups excluding carboxylic acids is 2. The van der Waals surface area contributed by atoms with Gasteiger partial charge in [-0.25, -0.2) is 8.78 Å². The molecule has 1 aliphatic rings. The molecule has 2 aromatic rings. The number of amides is 2. The molecule has 1 heterocycles. The van der Waals surface area contributed by atoms with Gasteiger partial charge in [-0.2, -0.15) is 0 Å². The Hall–Kier alpha value is -2.80. The van der Waals surface area contributed by atoms with Gasteiger partial charge in [-0.3, -0.25) is 14.5 Å². The Morgan fingerprint density at radius 1 is 1.03 bits per heavy atom. The van der Waals surface area contributed by atoms with Crippen LogP contribution in [-0.2, 0) is 22.7 Å². The molecule has 2 aromatic carbocycles. The minimum Gasteiger partial charge on any atom is -0.352 e. The summed E-state index contributed by atoms with van der Waals surface area (Å²) in [7, 11) is 0. The number of likely N-dealkylation sites (tertiary alicyclic amines) is 1. The Kier molecular flexibility index (Phi) is 8.12. The van der Waals surface area contributed by atoms with Crippen molar-refractivity contribution >= 4 is 11.8 Å². The summed E-state index contributed by atoms with van der Waals surface area (Å²) in [5.74, 6) is -0.681. The molecule has 5 nitrogen and oxygen atoms in total. The van der Waals surface area contributed by atoms with Gasteiger partial charge in [-0.1, -0.05) is 24.3 Å². The maximum Gasteiger partial charge on any atom is 0.237 e. The van der Waals surface area contributed by atoms with Crippen LogP contribution in [0.4, 0.5) is 8.78 Å². The molecule has 0 unspecified atom stereocenters. The second kappa shape index (κ2) is 11.0. The van der Waals surface area contributed by atoms with Crippen LogP contribution in [-0.4, -0.2) is 47.8 Å². The van der Waals surface area contributed by atoms with E-state index in [1.54, 1.807) is 23.1 Å². The Labute approximate surface area is 182 Å². The number of hydrogen-bond acceptors (Lipinski definition) is 3. The molecular formula is C24H29F2N3O2. The average molecular weight is 430 g/mol. The highest BCUT2D eigenvalue weighted by Gasteiger charge is 2.26. The summed E-state index contributed by atoms with van der Waals surface area (Å²) in [5.41, 5.74) is 1.63. The number of carbonyl (C=O) groups is 2. The first-order valence-electron chi connectivity index (χ1n) is 10.7. The van der Waals surface area contributed by atoms with E-state index in [1.165, 1.54) is 24.3 Å². The van der Waals surface area contributed by atoms with Crippen LogP contribution in [0.3, 0.4) is 0 Å². The summed E-state index contributed by atoms with van der Waals surface area (Å²) in [6, 6.07) is 12.4. The van der Waals surface area contributed by atoms with Gasteiger partial charge < -0.3 is 10.2 Å². The quantitative estimate of drug-likeness (QED) is 0.700.